The van der Waals surface area contributed by atoms with Gasteiger partial charge in [0, 0.05) is 23.2 Å². The van der Waals surface area contributed by atoms with Crippen molar-refractivity contribution >= 4 is 34.7 Å². The molecule has 0 aliphatic heterocycles. The number of hydrogen-bond donors (Lipinski definition) is 4. The molecular weight excluding hydrogens is 436 g/mol. The summed E-state index contributed by atoms with van der Waals surface area (Å²) in [5.41, 5.74) is 0.954. The molecule has 0 radical (unpaired) electrons. The van der Waals surface area contributed by atoms with Crippen LogP contribution in [0.25, 0.3) is 0 Å². The maximum atomic E-state index is 11.7. The predicted molar refractivity (Wildman–Crippen MR) is 122 cm³/mol. The first-order valence-corrected chi connectivity index (χ1v) is 11.7. The van der Waals surface area contributed by atoms with Gasteiger partial charge in [-0.15, -0.1) is 5.14 Å². The molecule has 2 aromatic rings. The minimum atomic E-state index is -1.60. The molecule has 5 N–H and O–H groups in total. The Morgan fingerprint density at radius 1 is 1.42 bits per heavy atom. The highest BCUT2D eigenvalue weighted by atomic mass is 35.5. The van der Waals surface area contributed by atoms with Gasteiger partial charge in [-0.2, -0.15) is 10.2 Å². The van der Waals surface area contributed by atoms with Crippen molar-refractivity contribution in [2.24, 2.45) is 10.6 Å². The normalized spacial score (nSPS) is 21.2. The first kappa shape index (κ1) is 23.6. The second-order valence-electron chi connectivity index (χ2n) is 8.42. The van der Waals surface area contributed by atoms with E-state index in [0.717, 1.165) is 18.4 Å². The van der Waals surface area contributed by atoms with Gasteiger partial charge in [0.25, 0.3) is 0 Å². The second-order valence-corrected chi connectivity index (χ2v) is 9.89. The Labute approximate surface area is 190 Å². The fourth-order valence-electron chi connectivity index (χ4n) is 3.85. The summed E-state index contributed by atoms with van der Waals surface area (Å²) in [6.45, 7) is 4.56. The van der Waals surface area contributed by atoms with E-state index in [1.54, 1.807) is 18.2 Å². The Balaban J connectivity index is 1.67. The van der Waals surface area contributed by atoms with Gasteiger partial charge in [0.05, 0.1) is 23.7 Å². The Kier molecular flexibility index (Phi) is 7.62. The molecule has 0 saturated heterocycles. The molecule has 1 heterocycles. The fourth-order valence-corrected chi connectivity index (χ4v) is 4.66. The number of nitriles is 1. The number of nitrogens with one attached hydrogen (secondary N) is 2. The third-order valence-electron chi connectivity index (χ3n) is 5.63. The smallest absolute Gasteiger partial charge is 0.224 e. The van der Waals surface area contributed by atoms with Crippen molar-refractivity contribution < 1.29 is 9.66 Å². The topological polar surface area (TPSA) is 143 Å². The molecule has 1 aliphatic carbocycles. The van der Waals surface area contributed by atoms with Crippen LogP contribution in [0.1, 0.15) is 44.2 Å². The molecule has 31 heavy (non-hydrogen) atoms. The van der Waals surface area contributed by atoms with E-state index in [1.165, 1.54) is 6.20 Å². The number of aliphatic hydroxyl groups excluding tert-OH is 1. The summed E-state index contributed by atoms with van der Waals surface area (Å²) >= 11 is 4.45. The number of hydrogen-bond acceptors (Lipinski definition) is 8. The van der Waals surface area contributed by atoms with Gasteiger partial charge in [-0.05, 0) is 49.3 Å². The zero-order valence-electron chi connectivity index (χ0n) is 17.6. The molecule has 1 aromatic heterocycles. The molecule has 10 heteroatoms. The lowest BCUT2D eigenvalue weighted by Gasteiger charge is -2.40. The quantitative estimate of drug-likeness (QED) is 0.460. The third kappa shape index (κ3) is 5.99. The van der Waals surface area contributed by atoms with Gasteiger partial charge in [0.2, 0.25) is 5.95 Å². The van der Waals surface area contributed by atoms with Gasteiger partial charge in [-0.1, -0.05) is 25.4 Å². The molecular formula is C21H27ClN6O2S. The van der Waals surface area contributed by atoms with Gasteiger partial charge in [-0.25, -0.2) is 4.98 Å². The highest BCUT2D eigenvalue weighted by Crippen LogP contribution is 2.37. The molecule has 1 saturated carbocycles. The van der Waals surface area contributed by atoms with Crippen molar-refractivity contribution in [1.29, 1.82) is 5.26 Å². The molecule has 3 rings (SSSR count). The van der Waals surface area contributed by atoms with E-state index in [4.69, 9.17) is 16.7 Å². The number of benzene rings is 1. The molecule has 1 fully saturated rings. The van der Waals surface area contributed by atoms with E-state index in [-0.39, 0.29) is 17.6 Å². The van der Waals surface area contributed by atoms with Crippen LogP contribution < -0.4 is 15.8 Å². The van der Waals surface area contributed by atoms with Crippen molar-refractivity contribution in [2.45, 2.75) is 56.6 Å². The van der Waals surface area contributed by atoms with Crippen LogP contribution in [-0.4, -0.2) is 38.3 Å². The second kappa shape index (κ2) is 10.0. The number of rotatable bonds is 7. The Morgan fingerprint density at radius 3 is 2.87 bits per heavy atom. The molecule has 166 valence electrons. The van der Waals surface area contributed by atoms with E-state index >= 15 is 0 Å². The molecule has 0 bridgehead atoms. The van der Waals surface area contributed by atoms with Crippen LogP contribution in [0.5, 0.6) is 0 Å². The third-order valence-corrected chi connectivity index (χ3v) is 6.70. The standard InChI is InChI=1S/C21H27ClN6O2S/c1-21(2)10-16(4-6-18(21)29)27-19-14(11-23)12-26-20(28-19)25-8-7-13-9-15(22)3-5-17(13)31(24)30/h3,5,9,12,16,18,29H,4,6-8,10,24H2,1-2H3,(H2,25,26,27,28)/t16?,18-,31?/m0/s1. The van der Waals surface area contributed by atoms with E-state index in [9.17, 15) is 14.9 Å². The maximum absolute atomic E-state index is 11.7. The van der Waals surface area contributed by atoms with Crippen molar-refractivity contribution in [2.75, 3.05) is 17.2 Å². The summed E-state index contributed by atoms with van der Waals surface area (Å²) in [6.07, 6.45) is 3.96. The summed E-state index contributed by atoms with van der Waals surface area (Å²) < 4.78 is 11.7. The van der Waals surface area contributed by atoms with Crippen LogP contribution in [0.2, 0.25) is 5.02 Å². The first-order chi connectivity index (χ1) is 14.7. The van der Waals surface area contributed by atoms with Crippen LogP contribution in [-0.2, 0) is 17.8 Å². The minimum Gasteiger partial charge on any atom is -0.593 e. The van der Waals surface area contributed by atoms with Crippen molar-refractivity contribution in [3.8, 4) is 6.07 Å². The lowest BCUT2D eigenvalue weighted by atomic mass is 9.73. The summed E-state index contributed by atoms with van der Waals surface area (Å²) in [6, 6.07) is 7.30. The van der Waals surface area contributed by atoms with Crippen molar-refractivity contribution in [3.05, 3.63) is 40.5 Å². The van der Waals surface area contributed by atoms with Crippen molar-refractivity contribution in [3.63, 3.8) is 0 Å². The molecule has 3 atom stereocenters. The molecule has 1 aromatic carbocycles. The molecule has 0 amide bonds. The zero-order valence-corrected chi connectivity index (χ0v) is 19.1. The summed E-state index contributed by atoms with van der Waals surface area (Å²) in [5, 5.41) is 32.2. The van der Waals surface area contributed by atoms with Crippen LogP contribution in [0.3, 0.4) is 0 Å². The van der Waals surface area contributed by atoms with E-state index in [0.29, 0.717) is 46.6 Å². The summed E-state index contributed by atoms with van der Waals surface area (Å²) in [7, 11) is 0. The number of anilines is 2. The van der Waals surface area contributed by atoms with E-state index < -0.39 is 11.4 Å². The van der Waals surface area contributed by atoms with Crippen LogP contribution in [0.15, 0.2) is 29.3 Å². The van der Waals surface area contributed by atoms with Crippen LogP contribution in [0, 0.1) is 16.7 Å². The van der Waals surface area contributed by atoms with E-state index in [1.807, 2.05) is 13.8 Å². The number of halogens is 1. The highest BCUT2D eigenvalue weighted by molar-refractivity contribution is 7.89. The van der Waals surface area contributed by atoms with Crippen LogP contribution >= 0.6 is 11.6 Å². The molecule has 1 aliphatic rings. The maximum Gasteiger partial charge on any atom is 0.224 e. The summed E-state index contributed by atoms with van der Waals surface area (Å²) in [5.74, 6) is 0.859. The van der Waals surface area contributed by atoms with Crippen molar-refractivity contribution in [1.82, 2.24) is 9.97 Å². The van der Waals surface area contributed by atoms with Gasteiger partial charge in [0.15, 0.2) is 4.90 Å². The molecule has 8 nitrogen and oxygen atoms in total. The SMILES string of the molecule is CC1(C)CC(Nc2nc(NCCc3cc(Cl)ccc3[S+](N)[O-])ncc2C#N)CC[C@@H]1O. The van der Waals surface area contributed by atoms with Crippen LogP contribution in [0.4, 0.5) is 11.8 Å². The Hall–Kier alpha value is -2.09. The predicted octanol–water partition coefficient (Wildman–Crippen LogP) is 2.99. The molecule has 2 unspecified atom stereocenters. The lowest BCUT2D eigenvalue weighted by molar-refractivity contribution is 0.00926. The lowest BCUT2D eigenvalue weighted by Crippen LogP contribution is -2.41. The van der Waals surface area contributed by atoms with Gasteiger partial charge < -0.3 is 20.3 Å². The summed E-state index contributed by atoms with van der Waals surface area (Å²) in [4.78, 5) is 9.23. The van der Waals surface area contributed by atoms with Gasteiger partial charge >= 0.3 is 0 Å². The monoisotopic (exact) mass is 462 g/mol. The number of aromatic nitrogens is 2. The van der Waals surface area contributed by atoms with E-state index in [2.05, 4.69) is 26.7 Å². The minimum absolute atomic E-state index is 0.113. The Morgan fingerprint density at radius 2 is 2.19 bits per heavy atom. The highest BCUT2D eigenvalue weighted by Gasteiger charge is 2.35. The number of nitrogens with two attached hydrogens (primary N) is 1. The largest absolute Gasteiger partial charge is 0.593 e. The Bertz CT molecular complexity index is 965. The fraction of sp³-hybridized carbons (Fsp3) is 0.476. The number of nitrogens with zero attached hydrogens (tertiary/aromatic N) is 3. The van der Waals surface area contributed by atoms with Gasteiger partial charge in [0.1, 0.15) is 17.5 Å². The molecule has 0 spiro atoms. The number of aliphatic hydroxyl groups is 1. The first-order valence-electron chi connectivity index (χ1n) is 10.1. The average molecular weight is 463 g/mol. The van der Waals surface area contributed by atoms with Gasteiger partial charge in [-0.3, -0.25) is 0 Å². The average Bonchev–Trinajstić information content (AvgIpc) is 2.70. The zero-order chi connectivity index (χ0) is 22.6.